The fourth-order valence-electron chi connectivity index (χ4n) is 1.58. The first-order valence-corrected chi connectivity index (χ1v) is 6.12. The second-order valence-corrected chi connectivity index (χ2v) is 3.86. The molecule has 1 aromatic rings. The monoisotopic (exact) mass is 256 g/mol. The Balaban J connectivity index is 2.34. The van der Waals surface area contributed by atoms with E-state index in [0.29, 0.717) is 49.6 Å². The fraction of sp³-hybridized carbons (Fsp3) is 0.667. The van der Waals surface area contributed by atoms with Gasteiger partial charge in [0.25, 0.3) is 5.91 Å². The molecule has 0 unspecified atom stereocenters. The van der Waals surface area contributed by atoms with E-state index in [0.717, 1.165) is 0 Å². The van der Waals surface area contributed by atoms with E-state index in [9.17, 15) is 4.79 Å². The van der Waals surface area contributed by atoms with E-state index in [-0.39, 0.29) is 12.5 Å². The minimum atomic E-state index is -0.159. The number of carbonyl (C=O) groups is 1. The zero-order valence-electron chi connectivity index (χ0n) is 10.9. The van der Waals surface area contributed by atoms with Gasteiger partial charge in [0.15, 0.2) is 0 Å². The number of aliphatic hydroxyl groups is 1. The van der Waals surface area contributed by atoms with E-state index in [2.05, 4.69) is 10.5 Å². The molecule has 1 rings (SSSR count). The van der Waals surface area contributed by atoms with E-state index in [1.807, 2.05) is 6.92 Å². The van der Waals surface area contributed by atoms with Gasteiger partial charge in [0.1, 0.15) is 11.3 Å². The Bertz CT molecular complexity index is 376. The second kappa shape index (κ2) is 7.84. The lowest BCUT2D eigenvalue weighted by atomic mass is 10.1. The SMILES string of the molecule is CCc1noc(C)c1C(=O)NCCCOCCO. The van der Waals surface area contributed by atoms with Crippen LogP contribution in [0.2, 0.25) is 0 Å². The first-order valence-electron chi connectivity index (χ1n) is 6.12. The van der Waals surface area contributed by atoms with Crippen molar-refractivity contribution >= 4 is 5.91 Å². The van der Waals surface area contributed by atoms with E-state index in [4.69, 9.17) is 14.4 Å². The van der Waals surface area contributed by atoms with Crippen LogP contribution in [0.3, 0.4) is 0 Å². The molecule has 0 aliphatic heterocycles. The summed E-state index contributed by atoms with van der Waals surface area (Å²) in [5.41, 5.74) is 1.22. The number of amides is 1. The fourth-order valence-corrected chi connectivity index (χ4v) is 1.58. The van der Waals surface area contributed by atoms with Gasteiger partial charge in [0, 0.05) is 13.2 Å². The predicted molar refractivity (Wildman–Crippen MR) is 65.5 cm³/mol. The molecular formula is C12H20N2O4. The summed E-state index contributed by atoms with van der Waals surface area (Å²) in [6.45, 7) is 5.05. The summed E-state index contributed by atoms with van der Waals surface area (Å²) in [5, 5.41) is 15.1. The molecule has 0 radical (unpaired) electrons. The maximum Gasteiger partial charge on any atom is 0.256 e. The molecular weight excluding hydrogens is 236 g/mol. The van der Waals surface area contributed by atoms with E-state index < -0.39 is 0 Å². The highest BCUT2D eigenvalue weighted by Gasteiger charge is 2.18. The van der Waals surface area contributed by atoms with Gasteiger partial charge in [-0.25, -0.2) is 0 Å². The van der Waals surface area contributed by atoms with Gasteiger partial charge in [-0.2, -0.15) is 0 Å². The van der Waals surface area contributed by atoms with Gasteiger partial charge < -0.3 is 19.7 Å². The third kappa shape index (κ3) is 4.12. The smallest absolute Gasteiger partial charge is 0.256 e. The van der Waals surface area contributed by atoms with Gasteiger partial charge in [-0.1, -0.05) is 12.1 Å². The minimum Gasteiger partial charge on any atom is -0.394 e. The molecule has 0 aliphatic carbocycles. The highest BCUT2D eigenvalue weighted by molar-refractivity contribution is 5.96. The average Bonchev–Trinajstić information content (AvgIpc) is 2.74. The van der Waals surface area contributed by atoms with E-state index in [1.54, 1.807) is 6.92 Å². The molecule has 1 heterocycles. The third-order valence-corrected chi connectivity index (χ3v) is 2.48. The number of rotatable bonds is 8. The molecule has 0 saturated carbocycles. The van der Waals surface area contributed by atoms with Crippen molar-refractivity contribution in [3.05, 3.63) is 17.0 Å². The zero-order chi connectivity index (χ0) is 13.4. The van der Waals surface area contributed by atoms with Crippen LogP contribution in [0.15, 0.2) is 4.52 Å². The van der Waals surface area contributed by atoms with Crippen molar-refractivity contribution in [1.82, 2.24) is 10.5 Å². The highest BCUT2D eigenvalue weighted by atomic mass is 16.5. The molecule has 102 valence electrons. The summed E-state index contributed by atoms with van der Waals surface area (Å²) in [6.07, 6.45) is 1.37. The highest BCUT2D eigenvalue weighted by Crippen LogP contribution is 2.13. The molecule has 0 fully saturated rings. The van der Waals surface area contributed by atoms with Crippen molar-refractivity contribution in [1.29, 1.82) is 0 Å². The van der Waals surface area contributed by atoms with Crippen molar-refractivity contribution in [3.8, 4) is 0 Å². The number of nitrogens with one attached hydrogen (secondary N) is 1. The Morgan fingerprint density at radius 2 is 2.28 bits per heavy atom. The number of aliphatic hydroxyl groups excluding tert-OH is 1. The Morgan fingerprint density at radius 3 is 2.94 bits per heavy atom. The van der Waals surface area contributed by atoms with Crippen LogP contribution >= 0.6 is 0 Å². The van der Waals surface area contributed by atoms with Gasteiger partial charge >= 0.3 is 0 Å². The first-order chi connectivity index (χ1) is 8.70. The van der Waals surface area contributed by atoms with Crippen LogP contribution < -0.4 is 5.32 Å². The molecule has 18 heavy (non-hydrogen) atoms. The Kier molecular flexibility index (Phi) is 6.38. The van der Waals surface area contributed by atoms with Crippen molar-refractivity contribution in [2.24, 2.45) is 0 Å². The summed E-state index contributed by atoms with van der Waals surface area (Å²) in [4.78, 5) is 11.9. The lowest BCUT2D eigenvalue weighted by Crippen LogP contribution is -2.26. The molecule has 0 saturated heterocycles. The molecule has 0 aliphatic rings. The number of ether oxygens (including phenoxy) is 1. The summed E-state index contributed by atoms with van der Waals surface area (Å²) < 4.78 is 10.1. The molecule has 6 nitrogen and oxygen atoms in total. The maximum absolute atomic E-state index is 11.9. The van der Waals surface area contributed by atoms with Crippen LogP contribution in [0.1, 0.15) is 35.2 Å². The number of nitrogens with zero attached hydrogens (tertiary/aromatic N) is 1. The summed E-state index contributed by atoms with van der Waals surface area (Å²) in [5.74, 6) is 0.383. The van der Waals surface area contributed by atoms with Crippen LogP contribution in [0.25, 0.3) is 0 Å². The summed E-state index contributed by atoms with van der Waals surface area (Å²) >= 11 is 0. The Labute approximate surface area is 106 Å². The van der Waals surface area contributed by atoms with Crippen LogP contribution in [0, 0.1) is 6.92 Å². The molecule has 0 atom stereocenters. The first kappa shape index (κ1) is 14.7. The van der Waals surface area contributed by atoms with Crippen LogP contribution in [0.5, 0.6) is 0 Å². The van der Waals surface area contributed by atoms with E-state index in [1.165, 1.54) is 0 Å². The zero-order valence-corrected chi connectivity index (χ0v) is 10.9. The van der Waals surface area contributed by atoms with Crippen molar-refractivity contribution < 1.29 is 19.2 Å². The summed E-state index contributed by atoms with van der Waals surface area (Å²) in [7, 11) is 0. The van der Waals surface area contributed by atoms with Crippen LogP contribution in [0.4, 0.5) is 0 Å². The largest absolute Gasteiger partial charge is 0.394 e. The predicted octanol–water partition coefficient (Wildman–Crippen LogP) is 0.674. The van der Waals surface area contributed by atoms with Crippen molar-refractivity contribution in [2.75, 3.05) is 26.4 Å². The third-order valence-electron chi connectivity index (χ3n) is 2.48. The maximum atomic E-state index is 11.9. The molecule has 2 N–H and O–H groups in total. The Hall–Kier alpha value is -1.40. The Morgan fingerprint density at radius 1 is 1.50 bits per heavy atom. The number of carbonyl (C=O) groups excluding carboxylic acids is 1. The lowest BCUT2D eigenvalue weighted by molar-refractivity contribution is 0.0867. The van der Waals surface area contributed by atoms with E-state index >= 15 is 0 Å². The minimum absolute atomic E-state index is 0.0199. The molecule has 0 aromatic carbocycles. The second-order valence-electron chi connectivity index (χ2n) is 3.86. The quantitative estimate of drug-likeness (QED) is 0.668. The topological polar surface area (TPSA) is 84.6 Å². The van der Waals surface area contributed by atoms with Gasteiger partial charge in [0.2, 0.25) is 0 Å². The van der Waals surface area contributed by atoms with Crippen molar-refractivity contribution in [2.45, 2.75) is 26.7 Å². The van der Waals surface area contributed by atoms with Crippen molar-refractivity contribution in [3.63, 3.8) is 0 Å². The lowest BCUT2D eigenvalue weighted by Gasteiger charge is -2.05. The van der Waals surface area contributed by atoms with Gasteiger partial charge in [0.05, 0.1) is 18.9 Å². The molecule has 0 spiro atoms. The molecule has 6 heteroatoms. The van der Waals surface area contributed by atoms with Gasteiger partial charge in [-0.05, 0) is 19.8 Å². The number of aromatic nitrogens is 1. The number of aryl methyl sites for hydroxylation is 2. The van der Waals surface area contributed by atoms with Crippen LogP contribution in [-0.2, 0) is 11.2 Å². The summed E-state index contributed by atoms with van der Waals surface area (Å²) in [6, 6.07) is 0. The van der Waals surface area contributed by atoms with Gasteiger partial charge in [-0.3, -0.25) is 4.79 Å². The standard InChI is InChI=1S/C12H20N2O4/c1-3-10-11(9(2)18-14-10)12(16)13-5-4-7-17-8-6-15/h15H,3-8H2,1-2H3,(H,13,16). The average molecular weight is 256 g/mol. The molecule has 1 aromatic heterocycles. The van der Waals surface area contributed by atoms with Crippen LogP contribution in [-0.4, -0.2) is 42.5 Å². The normalized spacial score (nSPS) is 10.6. The number of hydrogen-bond acceptors (Lipinski definition) is 5. The van der Waals surface area contributed by atoms with Gasteiger partial charge in [-0.15, -0.1) is 0 Å². The molecule has 1 amide bonds. The molecule has 0 bridgehead atoms. The number of hydrogen-bond donors (Lipinski definition) is 2.